The lowest BCUT2D eigenvalue weighted by molar-refractivity contribution is 0.441. The molecule has 3 heterocycles. The summed E-state index contributed by atoms with van der Waals surface area (Å²) in [5.41, 5.74) is 0.998. The normalized spacial score (nSPS) is 21.3. The van der Waals surface area contributed by atoms with E-state index in [0.29, 0.717) is 29.4 Å². The van der Waals surface area contributed by atoms with Gasteiger partial charge in [-0.1, -0.05) is 43.6 Å². The lowest BCUT2D eigenvalue weighted by atomic mass is 10.00. The highest BCUT2D eigenvalue weighted by molar-refractivity contribution is 7.80. The SMILES string of the molecule is CC1CCCN(c2cc(N3CCCC(C)C3)nc(NC(=S)NCc3ccccc3Cl)n2)C1. The van der Waals surface area contributed by atoms with E-state index in [1.807, 2.05) is 24.3 Å². The van der Waals surface area contributed by atoms with Crippen molar-refractivity contribution in [2.75, 3.05) is 41.3 Å². The predicted molar refractivity (Wildman–Crippen MR) is 138 cm³/mol. The minimum atomic E-state index is 0.493. The smallest absolute Gasteiger partial charge is 0.232 e. The fourth-order valence-corrected chi connectivity index (χ4v) is 4.93. The largest absolute Gasteiger partial charge is 0.358 e. The van der Waals surface area contributed by atoms with E-state index in [0.717, 1.165) is 48.4 Å². The van der Waals surface area contributed by atoms with Crippen LogP contribution in [0.3, 0.4) is 0 Å². The highest BCUT2D eigenvalue weighted by Crippen LogP contribution is 2.28. The van der Waals surface area contributed by atoms with Gasteiger partial charge in [0.25, 0.3) is 0 Å². The average Bonchev–Trinajstić information content (AvgIpc) is 2.78. The highest BCUT2D eigenvalue weighted by atomic mass is 35.5. The first-order valence-corrected chi connectivity index (χ1v) is 12.4. The molecule has 0 amide bonds. The topological polar surface area (TPSA) is 56.3 Å². The molecule has 6 nitrogen and oxygen atoms in total. The number of benzene rings is 1. The van der Waals surface area contributed by atoms with Crippen molar-refractivity contribution in [2.45, 2.75) is 46.1 Å². The van der Waals surface area contributed by atoms with Crippen LogP contribution in [0.4, 0.5) is 17.6 Å². The van der Waals surface area contributed by atoms with Crippen LogP contribution in [0.1, 0.15) is 45.1 Å². The minimum Gasteiger partial charge on any atom is -0.358 e. The maximum Gasteiger partial charge on any atom is 0.232 e. The molecular weight excluding hydrogens is 440 g/mol. The van der Waals surface area contributed by atoms with Gasteiger partial charge in [-0.3, -0.25) is 0 Å². The molecule has 0 saturated carbocycles. The summed E-state index contributed by atoms with van der Waals surface area (Å²) in [6.45, 7) is 9.30. The molecule has 2 aliphatic rings. The summed E-state index contributed by atoms with van der Waals surface area (Å²) in [7, 11) is 0. The molecule has 8 heteroatoms. The van der Waals surface area contributed by atoms with Crippen LogP contribution in [0.2, 0.25) is 5.02 Å². The fraction of sp³-hybridized carbons (Fsp3) is 0.542. The molecule has 2 saturated heterocycles. The summed E-state index contributed by atoms with van der Waals surface area (Å²) >= 11 is 11.8. The van der Waals surface area contributed by atoms with Crippen LogP contribution in [0.5, 0.6) is 0 Å². The van der Waals surface area contributed by atoms with E-state index in [4.69, 9.17) is 33.8 Å². The van der Waals surface area contributed by atoms with Gasteiger partial charge in [0, 0.05) is 43.8 Å². The van der Waals surface area contributed by atoms with Gasteiger partial charge in [-0.25, -0.2) is 0 Å². The maximum absolute atomic E-state index is 6.27. The van der Waals surface area contributed by atoms with Crippen LogP contribution in [0.15, 0.2) is 30.3 Å². The third-order valence-electron chi connectivity index (χ3n) is 6.28. The molecule has 0 bridgehead atoms. The van der Waals surface area contributed by atoms with Gasteiger partial charge in [-0.15, -0.1) is 0 Å². The van der Waals surface area contributed by atoms with E-state index in [2.05, 4.69) is 40.3 Å². The molecule has 2 atom stereocenters. The number of rotatable bonds is 5. The minimum absolute atomic E-state index is 0.493. The summed E-state index contributed by atoms with van der Waals surface area (Å²) in [5.74, 6) is 3.86. The molecule has 2 aromatic rings. The number of aromatic nitrogens is 2. The molecule has 0 aliphatic carbocycles. The Balaban J connectivity index is 1.51. The number of anilines is 3. The van der Waals surface area contributed by atoms with E-state index < -0.39 is 0 Å². The van der Waals surface area contributed by atoms with Gasteiger partial charge < -0.3 is 20.4 Å². The molecule has 172 valence electrons. The van der Waals surface area contributed by atoms with Gasteiger partial charge >= 0.3 is 0 Å². The van der Waals surface area contributed by atoms with Crippen molar-refractivity contribution in [3.05, 3.63) is 40.9 Å². The van der Waals surface area contributed by atoms with Crippen molar-refractivity contribution in [2.24, 2.45) is 11.8 Å². The molecule has 2 fully saturated rings. The third kappa shape index (κ3) is 6.01. The zero-order valence-electron chi connectivity index (χ0n) is 19.0. The number of halogens is 1. The van der Waals surface area contributed by atoms with Gasteiger partial charge in [0.15, 0.2) is 5.11 Å². The molecule has 2 aliphatic heterocycles. The van der Waals surface area contributed by atoms with Crippen molar-refractivity contribution >= 4 is 46.5 Å². The van der Waals surface area contributed by atoms with E-state index in [-0.39, 0.29) is 0 Å². The second-order valence-electron chi connectivity index (χ2n) is 9.19. The van der Waals surface area contributed by atoms with E-state index in [9.17, 15) is 0 Å². The van der Waals surface area contributed by atoms with Crippen LogP contribution >= 0.6 is 23.8 Å². The Morgan fingerprint density at radius 3 is 2.19 bits per heavy atom. The van der Waals surface area contributed by atoms with Gasteiger partial charge in [0.05, 0.1) is 0 Å². The van der Waals surface area contributed by atoms with Gasteiger partial charge in [0.1, 0.15) is 11.6 Å². The maximum atomic E-state index is 6.27. The third-order valence-corrected chi connectivity index (χ3v) is 6.90. The first-order valence-electron chi connectivity index (χ1n) is 11.6. The monoisotopic (exact) mass is 472 g/mol. The Hall–Kier alpha value is -2.12. The van der Waals surface area contributed by atoms with Crippen molar-refractivity contribution in [1.29, 1.82) is 0 Å². The molecule has 0 spiro atoms. The highest BCUT2D eigenvalue weighted by Gasteiger charge is 2.23. The van der Waals surface area contributed by atoms with E-state index >= 15 is 0 Å². The average molecular weight is 473 g/mol. The van der Waals surface area contributed by atoms with Gasteiger partial charge in [0.2, 0.25) is 5.95 Å². The van der Waals surface area contributed by atoms with E-state index in [1.165, 1.54) is 25.7 Å². The van der Waals surface area contributed by atoms with Crippen LogP contribution in [-0.2, 0) is 6.54 Å². The van der Waals surface area contributed by atoms with Crippen LogP contribution in [0.25, 0.3) is 0 Å². The molecule has 32 heavy (non-hydrogen) atoms. The number of nitrogens with zero attached hydrogens (tertiary/aromatic N) is 4. The Morgan fingerprint density at radius 1 is 1.03 bits per heavy atom. The summed E-state index contributed by atoms with van der Waals surface area (Å²) < 4.78 is 0. The summed E-state index contributed by atoms with van der Waals surface area (Å²) in [4.78, 5) is 14.5. The fourth-order valence-electron chi connectivity index (χ4n) is 4.56. The Kier molecular flexibility index (Phi) is 7.68. The zero-order chi connectivity index (χ0) is 22.5. The number of nitrogens with one attached hydrogen (secondary N) is 2. The summed E-state index contributed by atoms with van der Waals surface area (Å²) in [5, 5.41) is 7.66. The van der Waals surface area contributed by atoms with Gasteiger partial charge in [-0.05, 0) is 61.4 Å². The summed E-state index contributed by atoms with van der Waals surface area (Å²) in [6, 6.07) is 9.92. The number of thiocarbonyl (C=S) groups is 1. The number of hydrogen-bond donors (Lipinski definition) is 2. The van der Waals surface area contributed by atoms with Crippen LogP contribution in [0, 0.1) is 11.8 Å². The number of hydrogen-bond acceptors (Lipinski definition) is 5. The van der Waals surface area contributed by atoms with Crippen LogP contribution in [-0.4, -0.2) is 41.3 Å². The second-order valence-corrected chi connectivity index (χ2v) is 10.0. The van der Waals surface area contributed by atoms with Crippen molar-refractivity contribution < 1.29 is 0 Å². The molecule has 4 rings (SSSR count). The lowest BCUT2D eigenvalue weighted by Crippen LogP contribution is -2.37. The zero-order valence-corrected chi connectivity index (χ0v) is 20.6. The molecule has 2 N–H and O–H groups in total. The molecule has 1 aromatic carbocycles. The van der Waals surface area contributed by atoms with Crippen molar-refractivity contribution in [3.63, 3.8) is 0 Å². The summed E-state index contributed by atoms with van der Waals surface area (Å²) in [6.07, 6.45) is 4.95. The predicted octanol–water partition coefficient (Wildman–Crippen LogP) is 5.09. The van der Waals surface area contributed by atoms with Gasteiger partial charge in [-0.2, -0.15) is 9.97 Å². The molecule has 2 unspecified atom stereocenters. The molecule has 0 radical (unpaired) electrons. The van der Waals surface area contributed by atoms with Crippen molar-refractivity contribution in [3.8, 4) is 0 Å². The lowest BCUT2D eigenvalue weighted by Gasteiger charge is -2.35. The molecule has 1 aromatic heterocycles. The number of piperidine rings is 2. The Labute approximate surface area is 201 Å². The molecular formula is C24H33ClN6S. The Bertz CT molecular complexity index is 898. The first-order chi connectivity index (χ1) is 15.5. The standard InChI is InChI=1S/C24H33ClN6S/c1-17-7-5-11-30(15-17)21-13-22(31-12-6-8-18(2)16-31)28-23(27-21)29-24(32)26-14-19-9-3-4-10-20(19)25/h3-4,9-10,13,17-18H,5-8,11-12,14-16H2,1-2H3,(H2,26,27,28,29,32). The first kappa shape index (κ1) is 23.1. The van der Waals surface area contributed by atoms with Crippen molar-refractivity contribution in [1.82, 2.24) is 15.3 Å². The second kappa shape index (κ2) is 10.7. The van der Waals surface area contributed by atoms with E-state index in [1.54, 1.807) is 0 Å². The Morgan fingerprint density at radius 2 is 1.62 bits per heavy atom. The quantitative estimate of drug-likeness (QED) is 0.588. The van der Waals surface area contributed by atoms with Crippen LogP contribution < -0.4 is 20.4 Å².